The zero-order valence-electron chi connectivity index (χ0n) is 10.7. The second-order valence-corrected chi connectivity index (χ2v) is 5.64. The van der Waals surface area contributed by atoms with E-state index in [-0.39, 0.29) is 0 Å². The maximum absolute atomic E-state index is 6.13. The first-order chi connectivity index (χ1) is 8.24. The van der Waals surface area contributed by atoms with E-state index in [1.54, 1.807) is 0 Å². The molecule has 0 aromatic rings. The second kappa shape index (κ2) is 4.34. The molecule has 92 valence electrons. The van der Waals surface area contributed by atoms with E-state index in [0.717, 1.165) is 19.1 Å². The van der Waals surface area contributed by atoms with Gasteiger partial charge in [-0.1, -0.05) is 17.7 Å². The monoisotopic (exact) mass is 231 g/mol. The summed E-state index contributed by atoms with van der Waals surface area (Å²) < 4.78 is 6.13. The third kappa shape index (κ3) is 2.06. The van der Waals surface area contributed by atoms with Gasteiger partial charge in [0.1, 0.15) is 0 Å². The van der Waals surface area contributed by atoms with Crippen molar-refractivity contribution in [2.45, 2.75) is 25.9 Å². The Kier molecular flexibility index (Phi) is 2.83. The Morgan fingerprint density at radius 1 is 1.41 bits per heavy atom. The van der Waals surface area contributed by atoms with Gasteiger partial charge >= 0.3 is 0 Å². The number of fused-ring (bicyclic) bond motifs is 2. The largest absolute Gasteiger partial charge is 0.376 e. The minimum Gasteiger partial charge on any atom is -0.376 e. The first-order valence-corrected chi connectivity index (χ1v) is 6.60. The van der Waals surface area contributed by atoms with Gasteiger partial charge in [-0.15, -0.1) is 0 Å². The molecule has 3 atom stereocenters. The van der Waals surface area contributed by atoms with Crippen LogP contribution >= 0.6 is 0 Å². The molecule has 0 radical (unpaired) electrons. The van der Waals surface area contributed by atoms with Crippen molar-refractivity contribution in [1.82, 2.24) is 4.90 Å². The summed E-state index contributed by atoms with van der Waals surface area (Å²) in [6, 6.07) is 0. The van der Waals surface area contributed by atoms with E-state index in [1.807, 2.05) is 0 Å². The van der Waals surface area contributed by atoms with Crippen LogP contribution in [0.25, 0.3) is 0 Å². The summed E-state index contributed by atoms with van der Waals surface area (Å²) in [5, 5.41) is 0. The summed E-state index contributed by atoms with van der Waals surface area (Å²) in [6.45, 7) is 4.22. The van der Waals surface area contributed by atoms with Gasteiger partial charge in [0.05, 0.1) is 12.7 Å². The quantitative estimate of drug-likeness (QED) is 0.643. The highest BCUT2D eigenvalue weighted by atomic mass is 16.5. The van der Waals surface area contributed by atoms with Crippen molar-refractivity contribution in [2.24, 2.45) is 11.8 Å². The summed E-state index contributed by atoms with van der Waals surface area (Å²) in [5.74, 6) is 1.38. The smallest absolute Gasteiger partial charge is 0.0870 e. The van der Waals surface area contributed by atoms with E-state index in [0.29, 0.717) is 12.0 Å². The van der Waals surface area contributed by atoms with Crippen LogP contribution in [0.2, 0.25) is 0 Å². The molecule has 2 bridgehead atoms. The van der Waals surface area contributed by atoms with Crippen LogP contribution < -0.4 is 0 Å². The SMILES string of the molecule is CC1=CCC2COC(C3=CC=CN(C)C3)C1C2. The predicted molar refractivity (Wildman–Crippen MR) is 69.6 cm³/mol. The molecular weight excluding hydrogens is 210 g/mol. The van der Waals surface area contributed by atoms with Crippen LogP contribution in [0.15, 0.2) is 35.6 Å². The Balaban J connectivity index is 1.83. The molecular formula is C15H21NO. The average molecular weight is 231 g/mol. The van der Waals surface area contributed by atoms with Gasteiger partial charge in [-0.3, -0.25) is 0 Å². The van der Waals surface area contributed by atoms with Gasteiger partial charge in [0.25, 0.3) is 0 Å². The van der Waals surface area contributed by atoms with Crippen LogP contribution in [0.5, 0.6) is 0 Å². The fourth-order valence-electron chi connectivity index (χ4n) is 3.26. The fraction of sp³-hybridized carbons (Fsp3) is 0.600. The van der Waals surface area contributed by atoms with Crippen molar-refractivity contribution in [3.05, 3.63) is 35.6 Å². The van der Waals surface area contributed by atoms with Gasteiger partial charge in [-0.25, -0.2) is 0 Å². The molecule has 3 aliphatic rings. The average Bonchev–Trinajstić information content (AvgIpc) is 2.34. The Morgan fingerprint density at radius 3 is 3.12 bits per heavy atom. The molecule has 0 saturated carbocycles. The first kappa shape index (κ1) is 11.1. The molecule has 2 heteroatoms. The van der Waals surface area contributed by atoms with Gasteiger partial charge < -0.3 is 9.64 Å². The van der Waals surface area contributed by atoms with Gasteiger partial charge in [-0.2, -0.15) is 0 Å². The highest BCUT2D eigenvalue weighted by molar-refractivity contribution is 5.27. The molecule has 1 fully saturated rings. The number of ether oxygens (including phenoxy) is 1. The van der Waals surface area contributed by atoms with E-state index < -0.39 is 0 Å². The maximum Gasteiger partial charge on any atom is 0.0870 e. The Bertz CT molecular complexity index is 394. The molecule has 2 aliphatic heterocycles. The van der Waals surface area contributed by atoms with Crippen molar-refractivity contribution in [3.8, 4) is 0 Å². The number of allylic oxidation sites excluding steroid dienone is 3. The molecule has 0 N–H and O–H groups in total. The van der Waals surface area contributed by atoms with E-state index >= 15 is 0 Å². The molecule has 0 aromatic heterocycles. The molecule has 17 heavy (non-hydrogen) atoms. The van der Waals surface area contributed by atoms with Gasteiger partial charge in [0.15, 0.2) is 0 Å². The molecule has 3 unspecified atom stereocenters. The van der Waals surface area contributed by atoms with Crippen molar-refractivity contribution < 1.29 is 4.74 Å². The third-order valence-electron chi connectivity index (χ3n) is 4.27. The van der Waals surface area contributed by atoms with Crippen molar-refractivity contribution in [1.29, 1.82) is 0 Å². The van der Waals surface area contributed by atoms with Crippen LogP contribution in [0.4, 0.5) is 0 Å². The topological polar surface area (TPSA) is 12.5 Å². The Morgan fingerprint density at radius 2 is 2.29 bits per heavy atom. The normalized spacial score (nSPS) is 36.6. The van der Waals surface area contributed by atoms with E-state index in [1.165, 1.54) is 24.0 Å². The number of hydrogen-bond acceptors (Lipinski definition) is 2. The molecule has 2 heterocycles. The zero-order valence-corrected chi connectivity index (χ0v) is 10.7. The molecule has 0 amide bonds. The summed E-state index contributed by atoms with van der Waals surface area (Å²) in [4.78, 5) is 2.23. The van der Waals surface area contributed by atoms with E-state index in [4.69, 9.17) is 4.74 Å². The van der Waals surface area contributed by atoms with Gasteiger partial charge in [-0.05, 0) is 43.5 Å². The number of likely N-dealkylation sites (N-methyl/N-ethyl adjacent to an activating group) is 1. The lowest BCUT2D eigenvalue weighted by Crippen LogP contribution is -2.40. The van der Waals surface area contributed by atoms with Crippen molar-refractivity contribution in [3.63, 3.8) is 0 Å². The Labute approximate surface area is 104 Å². The van der Waals surface area contributed by atoms with Crippen molar-refractivity contribution >= 4 is 0 Å². The zero-order chi connectivity index (χ0) is 11.8. The molecule has 3 rings (SSSR count). The lowest BCUT2D eigenvalue weighted by atomic mass is 9.75. The summed E-state index contributed by atoms with van der Waals surface area (Å²) in [7, 11) is 2.12. The minimum absolute atomic E-state index is 0.315. The van der Waals surface area contributed by atoms with Crippen LogP contribution in [-0.4, -0.2) is 31.2 Å². The number of rotatable bonds is 1. The van der Waals surface area contributed by atoms with E-state index in [2.05, 4.69) is 43.3 Å². The fourth-order valence-corrected chi connectivity index (χ4v) is 3.26. The second-order valence-electron chi connectivity index (χ2n) is 5.64. The molecule has 0 aromatic carbocycles. The summed E-state index contributed by atoms with van der Waals surface area (Å²) in [5.41, 5.74) is 2.97. The van der Waals surface area contributed by atoms with Gasteiger partial charge in [0, 0.05) is 19.5 Å². The molecule has 0 spiro atoms. The minimum atomic E-state index is 0.315. The van der Waals surface area contributed by atoms with Crippen LogP contribution in [0.3, 0.4) is 0 Å². The Hall–Kier alpha value is -1.02. The third-order valence-corrected chi connectivity index (χ3v) is 4.27. The van der Waals surface area contributed by atoms with Crippen LogP contribution in [0, 0.1) is 11.8 Å². The van der Waals surface area contributed by atoms with Crippen LogP contribution in [-0.2, 0) is 4.74 Å². The van der Waals surface area contributed by atoms with Crippen molar-refractivity contribution in [2.75, 3.05) is 20.2 Å². The predicted octanol–water partition coefficient (Wildman–Crippen LogP) is 2.74. The standard InChI is InChI=1S/C15H21NO/c1-11-5-6-12-8-14(11)15(17-10-12)13-4-3-7-16(2)9-13/h3-5,7,12,14-15H,6,8-10H2,1-2H3. The molecule has 1 saturated heterocycles. The summed E-state index contributed by atoms with van der Waals surface area (Å²) >= 11 is 0. The maximum atomic E-state index is 6.13. The molecule has 1 aliphatic carbocycles. The first-order valence-electron chi connectivity index (χ1n) is 6.60. The number of nitrogens with zero attached hydrogens (tertiary/aromatic N) is 1. The van der Waals surface area contributed by atoms with Crippen LogP contribution in [0.1, 0.15) is 19.8 Å². The highest BCUT2D eigenvalue weighted by Gasteiger charge is 2.36. The lowest BCUT2D eigenvalue weighted by Gasteiger charge is -2.42. The highest BCUT2D eigenvalue weighted by Crippen LogP contribution is 2.39. The van der Waals surface area contributed by atoms with E-state index in [9.17, 15) is 0 Å². The number of hydrogen-bond donors (Lipinski definition) is 0. The van der Waals surface area contributed by atoms with Gasteiger partial charge in [0.2, 0.25) is 0 Å². The summed E-state index contributed by atoms with van der Waals surface area (Å²) in [6.07, 6.45) is 11.8. The molecule has 2 nitrogen and oxygen atoms in total. The lowest BCUT2D eigenvalue weighted by molar-refractivity contribution is -0.0311.